The van der Waals surface area contributed by atoms with Crippen molar-refractivity contribution < 1.29 is 58.6 Å². The zero-order valence-corrected chi connectivity index (χ0v) is 24.7. The van der Waals surface area contributed by atoms with E-state index in [1.54, 1.807) is 14.1 Å². The zero-order valence-electron chi connectivity index (χ0n) is 24.7. The van der Waals surface area contributed by atoms with Crippen LogP contribution in [0.15, 0.2) is 24.3 Å². The van der Waals surface area contributed by atoms with Crippen LogP contribution in [0, 0.1) is 0 Å². The molecule has 1 saturated heterocycles. The molecule has 2 rings (SSSR count). The van der Waals surface area contributed by atoms with Gasteiger partial charge in [0.2, 0.25) is 6.29 Å². The lowest BCUT2D eigenvalue weighted by Crippen LogP contribution is -2.60. The Morgan fingerprint density at radius 1 is 0.952 bits per heavy atom. The van der Waals surface area contributed by atoms with E-state index in [2.05, 4.69) is 12.2 Å². The third kappa shape index (κ3) is 11.5. The maximum Gasteiger partial charge on any atom is 0.420 e. The summed E-state index contributed by atoms with van der Waals surface area (Å²) >= 11 is 0. The van der Waals surface area contributed by atoms with E-state index in [4.69, 9.17) is 14.2 Å². The van der Waals surface area contributed by atoms with Gasteiger partial charge in [-0.15, -0.1) is 0 Å². The molecule has 1 fully saturated rings. The van der Waals surface area contributed by atoms with Gasteiger partial charge >= 0.3 is 18.0 Å². The van der Waals surface area contributed by atoms with Crippen molar-refractivity contribution >= 4 is 23.7 Å². The van der Waals surface area contributed by atoms with Crippen molar-refractivity contribution in [2.24, 2.45) is 0 Å². The monoisotopic (exact) mass is 599 g/mol. The molecule has 0 bridgehead atoms. The molecule has 42 heavy (non-hydrogen) atoms. The molecule has 238 valence electrons. The molecule has 6 N–H and O–H groups in total. The average molecular weight is 600 g/mol. The largest absolute Gasteiger partial charge is 0.481 e. The first-order chi connectivity index (χ1) is 19.9. The van der Waals surface area contributed by atoms with Crippen molar-refractivity contribution in [3.8, 4) is 5.75 Å². The van der Waals surface area contributed by atoms with E-state index >= 15 is 0 Å². The van der Waals surface area contributed by atoms with Gasteiger partial charge < -0.3 is 39.7 Å². The number of anilines is 1. The number of aliphatic hydroxyl groups is 4. The van der Waals surface area contributed by atoms with Crippen LogP contribution in [0.3, 0.4) is 0 Å². The minimum atomic E-state index is -1.58. The second-order valence-electron chi connectivity index (χ2n) is 11.2. The molecule has 0 spiro atoms. The topological polar surface area (TPSA) is 192 Å². The number of benzene rings is 1. The molecule has 1 heterocycles. The van der Waals surface area contributed by atoms with Gasteiger partial charge in [-0.2, -0.15) is 0 Å². The molecule has 1 aliphatic heterocycles. The normalized spacial score (nSPS) is 23.2. The van der Waals surface area contributed by atoms with Crippen molar-refractivity contribution in [3.05, 3.63) is 24.3 Å². The number of quaternary nitrogens is 1. The highest BCUT2D eigenvalue weighted by atomic mass is 16.7. The standard InChI is InChI=1S/C29H46N2O11/c1-4-5-6-7-8-9-10-11-24(35)40-21(16-23(33)34)17-31(2,3)29(39)30-19-12-14-20(15-13-19)41-28-27(38)26(37)25(36)22(18-32)42-28/h12-15,21-22,25-28,32,36-38H,4-11,16-18H2,1-3H3,(H-,30,33,34,39)/p+1/t21?,22-,25-,26+,27-,28+/m1/s1. The molecule has 1 aromatic carbocycles. The Bertz CT molecular complexity index is 986. The molecule has 1 aliphatic rings. The summed E-state index contributed by atoms with van der Waals surface area (Å²) in [4.78, 5) is 36.9. The zero-order chi connectivity index (χ0) is 31.3. The van der Waals surface area contributed by atoms with Gasteiger partial charge in [-0.05, 0) is 30.7 Å². The predicted molar refractivity (Wildman–Crippen MR) is 152 cm³/mol. The summed E-state index contributed by atoms with van der Waals surface area (Å²) in [6.45, 7) is 1.51. The number of hydrogen-bond acceptors (Lipinski definition) is 10. The number of carbonyl (C=O) groups excluding carboxylic acids is 2. The van der Waals surface area contributed by atoms with Gasteiger partial charge in [-0.1, -0.05) is 45.4 Å². The summed E-state index contributed by atoms with van der Waals surface area (Å²) in [5.41, 5.74) is 0.387. The highest BCUT2D eigenvalue weighted by molar-refractivity contribution is 5.84. The number of aliphatic hydroxyl groups excluding tert-OH is 4. The highest BCUT2D eigenvalue weighted by Crippen LogP contribution is 2.25. The predicted octanol–water partition coefficient (Wildman–Crippen LogP) is 2.00. The van der Waals surface area contributed by atoms with Gasteiger partial charge in [0, 0.05) is 12.1 Å². The third-order valence-corrected chi connectivity index (χ3v) is 7.10. The quantitative estimate of drug-likeness (QED) is 0.0872. The van der Waals surface area contributed by atoms with Crippen LogP contribution in [0.25, 0.3) is 0 Å². The van der Waals surface area contributed by atoms with Gasteiger partial charge in [-0.25, -0.2) is 9.28 Å². The highest BCUT2D eigenvalue weighted by Gasteiger charge is 2.44. The fraction of sp³-hybridized carbons (Fsp3) is 0.690. The Morgan fingerprint density at radius 3 is 2.17 bits per heavy atom. The number of carboxylic acid groups (broad SMARTS) is 1. The lowest BCUT2D eigenvalue weighted by Gasteiger charge is -2.39. The summed E-state index contributed by atoms with van der Waals surface area (Å²) < 4.78 is 16.0. The molecule has 1 unspecified atom stereocenters. The maximum absolute atomic E-state index is 13.1. The molecule has 0 radical (unpaired) electrons. The maximum atomic E-state index is 13.1. The minimum Gasteiger partial charge on any atom is -0.481 e. The van der Waals surface area contributed by atoms with Crippen molar-refractivity contribution in [1.82, 2.24) is 0 Å². The third-order valence-electron chi connectivity index (χ3n) is 7.10. The first-order valence-electron chi connectivity index (χ1n) is 14.5. The van der Waals surface area contributed by atoms with Gasteiger partial charge in [0.15, 0.2) is 6.10 Å². The van der Waals surface area contributed by atoms with Crippen LogP contribution < -0.4 is 10.1 Å². The van der Waals surface area contributed by atoms with Crippen molar-refractivity contribution in [3.63, 3.8) is 0 Å². The first-order valence-corrected chi connectivity index (χ1v) is 14.5. The first kappa shape index (κ1) is 35.4. The number of likely N-dealkylation sites (N-methyl/N-ethyl adjacent to an activating group) is 1. The van der Waals surface area contributed by atoms with Crippen LogP contribution >= 0.6 is 0 Å². The van der Waals surface area contributed by atoms with Crippen molar-refractivity contribution in [2.45, 2.75) is 102 Å². The van der Waals surface area contributed by atoms with E-state index in [1.165, 1.54) is 43.5 Å². The molecular formula is C29H47N2O11+. The van der Waals surface area contributed by atoms with Crippen LogP contribution in [0.1, 0.15) is 64.7 Å². The molecule has 0 saturated carbocycles. The van der Waals surface area contributed by atoms with E-state index < -0.39 is 67.8 Å². The number of amides is 2. The van der Waals surface area contributed by atoms with Crippen LogP contribution in [0.2, 0.25) is 0 Å². The molecule has 13 heteroatoms. The number of esters is 1. The van der Waals surface area contributed by atoms with Crippen molar-refractivity contribution in [1.29, 1.82) is 0 Å². The Labute approximate surface area is 246 Å². The van der Waals surface area contributed by atoms with Crippen LogP contribution in [0.5, 0.6) is 5.75 Å². The molecule has 0 aromatic heterocycles. The van der Waals surface area contributed by atoms with E-state index in [9.17, 15) is 39.9 Å². The number of carboxylic acids is 1. The van der Waals surface area contributed by atoms with Crippen molar-refractivity contribution in [2.75, 3.05) is 32.6 Å². The fourth-order valence-electron chi connectivity index (χ4n) is 4.59. The fourth-order valence-corrected chi connectivity index (χ4v) is 4.59. The summed E-state index contributed by atoms with van der Waals surface area (Å²) in [6, 6.07) is 5.53. The number of rotatable bonds is 17. The summed E-state index contributed by atoms with van der Waals surface area (Å²) in [5.74, 6) is -1.40. The number of aliphatic carboxylic acids is 1. The van der Waals surface area contributed by atoms with Crippen LogP contribution in [-0.2, 0) is 19.1 Å². The second-order valence-corrected chi connectivity index (χ2v) is 11.2. The Balaban J connectivity index is 1.90. The van der Waals surface area contributed by atoms with Crippen LogP contribution in [0.4, 0.5) is 10.5 Å². The minimum absolute atomic E-state index is 0.0564. The number of carbonyl (C=O) groups is 3. The Hall–Kier alpha value is -2.81. The number of urea groups is 1. The Kier molecular flexibility index (Phi) is 14.6. The number of nitrogens with zero attached hydrogens (tertiary/aromatic N) is 1. The van der Waals surface area contributed by atoms with Gasteiger partial charge in [0.25, 0.3) is 0 Å². The molecule has 13 nitrogen and oxygen atoms in total. The number of unbranched alkanes of at least 4 members (excludes halogenated alkanes) is 6. The molecular weight excluding hydrogens is 552 g/mol. The second kappa shape index (κ2) is 17.3. The molecule has 6 atom stereocenters. The summed E-state index contributed by atoms with van der Waals surface area (Å²) in [5, 5.41) is 51.3. The lowest BCUT2D eigenvalue weighted by atomic mass is 9.99. The van der Waals surface area contributed by atoms with Gasteiger partial charge in [0.05, 0.1) is 27.1 Å². The number of hydrogen-bond donors (Lipinski definition) is 6. The molecule has 0 aliphatic carbocycles. The van der Waals surface area contributed by atoms with Gasteiger partial charge in [-0.3, -0.25) is 14.9 Å². The SMILES string of the molecule is CCCCCCCCCC(=O)OC(CC(=O)O)C[N+](C)(C)C(=O)Nc1ccc(O[C@H]2O[C@H](CO)[C@@H](O)[C@H](O)[C@H]2O)cc1. The summed E-state index contributed by atoms with van der Waals surface area (Å²) in [7, 11) is 3.15. The van der Waals surface area contributed by atoms with Gasteiger partial charge in [0.1, 0.15) is 36.7 Å². The van der Waals surface area contributed by atoms with E-state index in [-0.39, 0.29) is 23.2 Å². The lowest BCUT2D eigenvalue weighted by molar-refractivity contribution is -0.810. The number of ether oxygens (including phenoxy) is 3. The van der Waals surface area contributed by atoms with E-state index in [1.807, 2.05) is 0 Å². The molecule has 2 amide bonds. The molecule has 1 aromatic rings. The van der Waals surface area contributed by atoms with E-state index in [0.717, 1.165) is 19.3 Å². The smallest absolute Gasteiger partial charge is 0.420 e. The summed E-state index contributed by atoms with van der Waals surface area (Å²) in [6.07, 6.45) is -1.07. The average Bonchev–Trinajstić information content (AvgIpc) is 2.93. The van der Waals surface area contributed by atoms with Crippen LogP contribution in [-0.4, -0.2) is 112 Å². The number of nitrogens with one attached hydrogen (secondary N) is 1. The Morgan fingerprint density at radius 2 is 1.57 bits per heavy atom. The van der Waals surface area contributed by atoms with E-state index in [0.29, 0.717) is 12.1 Å².